The highest BCUT2D eigenvalue weighted by Crippen LogP contribution is 2.18. The van der Waals surface area contributed by atoms with Crippen molar-refractivity contribution in [2.45, 2.75) is 18.9 Å². The van der Waals surface area contributed by atoms with Crippen LogP contribution in [0.5, 0.6) is 11.8 Å². The van der Waals surface area contributed by atoms with Crippen LogP contribution in [0, 0.1) is 0 Å². The van der Waals surface area contributed by atoms with Crippen molar-refractivity contribution in [3.63, 3.8) is 0 Å². The first-order valence-corrected chi connectivity index (χ1v) is 9.38. The largest absolute Gasteiger partial charge is 0.480 e. The van der Waals surface area contributed by atoms with Gasteiger partial charge in [-0.3, -0.25) is 4.79 Å². The summed E-state index contributed by atoms with van der Waals surface area (Å²) in [7, 11) is -0.491. The van der Waals surface area contributed by atoms with Gasteiger partial charge < -0.3 is 14.4 Å². The van der Waals surface area contributed by atoms with Crippen LogP contribution in [0.25, 0.3) is 0 Å². The standard InChI is InChI=1S/C14H22N4O5S/c1-17(24(3,20)21)10-14(19)18-8-4-5-11(9-18)23-13-7-6-12(22-2)15-16-13/h6-7,11H,4-5,8-10H2,1-3H3. The molecule has 24 heavy (non-hydrogen) atoms. The highest BCUT2D eigenvalue weighted by atomic mass is 32.2. The number of hydrogen-bond acceptors (Lipinski definition) is 7. The van der Waals surface area contributed by atoms with E-state index in [2.05, 4.69) is 10.2 Å². The summed E-state index contributed by atoms with van der Waals surface area (Å²) >= 11 is 0. The van der Waals surface area contributed by atoms with E-state index in [1.54, 1.807) is 17.0 Å². The molecule has 2 rings (SSSR count). The van der Waals surface area contributed by atoms with Crippen LogP contribution in [-0.2, 0) is 14.8 Å². The van der Waals surface area contributed by atoms with Crippen molar-refractivity contribution < 1.29 is 22.7 Å². The minimum absolute atomic E-state index is 0.173. The molecule has 1 unspecified atom stereocenters. The average Bonchev–Trinajstić information content (AvgIpc) is 2.55. The topological polar surface area (TPSA) is 102 Å². The number of likely N-dealkylation sites (tertiary alicyclic amines) is 1. The van der Waals surface area contributed by atoms with Crippen LogP contribution in [0.2, 0.25) is 0 Å². The smallest absolute Gasteiger partial charge is 0.238 e. The summed E-state index contributed by atoms with van der Waals surface area (Å²) in [6.07, 6.45) is 2.45. The molecule has 10 heteroatoms. The third kappa shape index (κ3) is 5.03. The molecule has 0 aromatic carbocycles. The van der Waals surface area contributed by atoms with Gasteiger partial charge in [-0.1, -0.05) is 0 Å². The molecule has 2 heterocycles. The number of aromatic nitrogens is 2. The van der Waals surface area contributed by atoms with E-state index >= 15 is 0 Å². The molecule has 1 fully saturated rings. The van der Waals surface area contributed by atoms with Gasteiger partial charge in [0.2, 0.25) is 27.7 Å². The Morgan fingerprint density at radius 3 is 2.62 bits per heavy atom. The summed E-state index contributed by atoms with van der Waals surface area (Å²) in [4.78, 5) is 13.9. The molecule has 1 aromatic rings. The first kappa shape index (κ1) is 18.4. The van der Waals surface area contributed by atoms with Crippen molar-refractivity contribution in [1.29, 1.82) is 0 Å². The summed E-state index contributed by atoms with van der Waals surface area (Å²) in [6, 6.07) is 3.30. The fourth-order valence-electron chi connectivity index (χ4n) is 2.32. The minimum Gasteiger partial charge on any atom is -0.480 e. The Morgan fingerprint density at radius 1 is 1.38 bits per heavy atom. The third-order valence-corrected chi connectivity index (χ3v) is 5.03. The molecule has 0 spiro atoms. The second kappa shape index (κ2) is 7.75. The molecule has 1 aliphatic rings. The average molecular weight is 358 g/mol. The van der Waals surface area contributed by atoms with Crippen LogP contribution in [0.1, 0.15) is 12.8 Å². The maximum atomic E-state index is 12.3. The van der Waals surface area contributed by atoms with E-state index in [1.807, 2.05) is 0 Å². The molecule has 0 bridgehead atoms. The first-order chi connectivity index (χ1) is 11.3. The van der Waals surface area contributed by atoms with E-state index in [0.717, 1.165) is 23.4 Å². The number of carbonyl (C=O) groups is 1. The highest BCUT2D eigenvalue weighted by Gasteiger charge is 2.27. The van der Waals surface area contributed by atoms with Gasteiger partial charge in [0.05, 0.1) is 26.5 Å². The number of nitrogens with zero attached hydrogens (tertiary/aromatic N) is 4. The van der Waals surface area contributed by atoms with E-state index in [9.17, 15) is 13.2 Å². The fourth-order valence-corrected chi connectivity index (χ4v) is 2.66. The van der Waals surface area contributed by atoms with Crippen molar-refractivity contribution in [3.05, 3.63) is 12.1 Å². The number of hydrogen-bond donors (Lipinski definition) is 0. The molecule has 0 aliphatic carbocycles. The minimum atomic E-state index is -3.38. The monoisotopic (exact) mass is 358 g/mol. The van der Waals surface area contributed by atoms with E-state index in [0.29, 0.717) is 24.8 Å². The maximum Gasteiger partial charge on any atom is 0.238 e. The normalized spacial score (nSPS) is 18.5. The lowest BCUT2D eigenvalue weighted by Gasteiger charge is -2.33. The zero-order valence-corrected chi connectivity index (χ0v) is 14.8. The van der Waals surface area contributed by atoms with E-state index in [-0.39, 0.29) is 18.6 Å². The lowest BCUT2D eigenvalue weighted by Crippen LogP contribution is -2.48. The lowest BCUT2D eigenvalue weighted by molar-refractivity contribution is -0.133. The summed E-state index contributed by atoms with van der Waals surface area (Å²) in [5, 5.41) is 7.74. The van der Waals surface area contributed by atoms with Gasteiger partial charge in [0.1, 0.15) is 6.10 Å². The van der Waals surface area contributed by atoms with Gasteiger partial charge in [-0.15, -0.1) is 10.2 Å². The van der Waals surface area contributed by atoms with Crippen LogP contribution < -0.4 is 9.47 Å². The van der Waals surface area contributed by atoms with Crippen LogP contribution in [0.3, 0.4) is 0 Å². The Hall–Kier alpha value is -1.94. The van der Waals surface area contributed by atoms with E-state index in [4.69, 9.17) is 9.47 Å². The molecule has 1 amide bonds. The second-order valence-corrected chi connectivity index (χ2v) is 7.74. The van der Waals surface area contributed by atoms with Crippen molar-refractivity contribution in [1.82, 2.24) is 19.4 Å². The molecule has 0 radical (unpaired) electrons. The van der Waals surface area contributed by atoms with Crippen LogP contribution in [-0.4, -0.2) is 79.9 Å². The molecule has 1 aromatic heterocycles. The zero-order chi connectivity index (χ0) is 17.7. The Kier molecular flexibility index (Phi) is 5.94. The number of methoxy groups -OCH3 is 1. The zero-order valence-electron chi connectivity index (χ0n) is 14.0. The number of likely N-dealkylation sites (N-methyl/N-ethyl adjacent to an activating group) is 1. The second-order valence-electron chi connectivity index (χ2n) is 5.65. The number of piperidine rings is 1. The Labute approximate surface area is 141 Å². The van der Waals surface area contributed by atoms with Crippen molar-refractivity contribution >= 4 is 15.9 Å². The SMILES string of the molecule is COc1ccc(OC2CCCN(C(=O)CN(C)S(C)(=O)=O)C2)nn1. The number of ether oxygens (including phenoxy) is 2. The van der Waals surface area contributed by atoms with Gasteiger partial charge in [0.15, 0.2) is 0 Å². The maximum absolute atomic E-state index is 12.3. The molecule has 1 atom stereocenters. The van der Waals surface area contributed by atoms with Gasteiger partial charge >= 0.3 is 0 Å². The molecular formula is C14H22N4O5S. The van der Waals surface area contributed by atoms with E-state index in [1.165, 1.54) is 14.2 Å². The van der Waals surface area contributed by atoms with Crippen LogP contribution in [0.15, 0.2) is 12.1 Å². The van der Waals surface area contributed by atoms with Gasteiger partial charge in [-0.25, -0.2) is 8.42 Å². The van der Waals surface area contributed by atoms with Gasteiger partial charge in [-0.2, -0.15) is 4.31 Å². The number of rotatable bonds is 6. The molecule has 0 saturated carbocycles. The summed E-state index contributed by atoms with van der Waals surface area (Å²) < 4.78 is 34.5. The van der Waals surface area contributed by atoms with Gasteiger partial charge in [0, 0.05) is 25.7 Å². The number of carbonyl (C=O) groups excluding carboxylic acids is 1. The van der Waals surface area contributed by atoms with Gasteiger partial charge in [-0.05, 0) is 12.8 Å². The molecular weight excluding hydrogens is 336 g/mol. The van der Waals surface area contributed by atoms with Crippen LogP contribution >= 0.6 is 0 Å². The number of amides is 1. The predicted octanol–water partition coefficient (Wildman–Crippen LogP) is -0.254. The van der Waals surface area contributed by atoms with Crippen LogP contribution in [0.4, 0.5) is 0 Å². The summed E-state index contributed by atoms with van der Waals surface area (Å²) in [5.41, 5.74) is 0. The summed E-state index contributed by atoms with van der Waals surface area (Å²) in [5.74, 6) is 0.520. The molecule has 1 aliphatic heterocycles. The van der Waals surface area contributed by atoms with Crippen molar-refractivity contribution in [3.8, 4) is 11.8 Å². The van der Waals surface area contributed by atoms with Crippen molar-refractivity contribution in [2.24, 2.45) is 0 Å². The Morgan fingerprint density at radius 2 is 2.04 bits per heavy atom. The summed E-state index contributed by atoms with van der Waals surface area (Å²) in [6.45, 7) is 0.808. The molecule has 1 saturated heterocycles. The quantitative estimate of drug-likeness (QED) is 0.691. The molecule has 0 N–H and O–H groups in total. The molecule has 9 nitrogen and oxygen atoms in total. The fraction of sp³-hybridized carbons (Fsp3) is 0.643. The Bertz CT molecular complexity index is 664. The number of sulfonamides is 1. The molecule has 134 valence electrons. The van der Waals surface area contributed by atoms with E-state index < -0.39 is 10.0 Å². The van der Waals surface area contributed by atoms with Gasteiger partial charge in [0.25, 0.3) is 0 Å². The first-order valence-electron chi connectivity index (χ1n) is 7.53. The third-order valence-electron chi connectivity index (χ3n) is 3.77. The van der Waals surface area contributed by atoms with Crippen molar-refractivity contribution in [2.75, 3.05) is 40.0 Å². The lowest BCUT2D eigenvalue weighted by atomic mass is 10.1. The Balaban J connectivity index is 1.92. The predicted molar refractivity (Wildman–Crippen MR) is 86.3 cm³/mol. The highest BCUT2D eigenvalue weighted by molar-refractivity contribution is 7.88.